The van der Waals surface area contributed by atoms with E-state index in [4.69, 9.17) is 4.74 Å². The maximum atomic E-state index is 12.1. The highest BCUT2D eigenvalue weighted by Gasteiger charge is 2.07. The average Bonchev–Trinajstić information content (AvgIpc) is 2.52. The highest BCUT2D eigenvalue weighted by atomic mass is 16.5. The zero-order valence-electron chi connectivity index (χ0n) is 14.0. The van der Waals surface area contributed by atoms with Crippen LogP contribution in [0.2, 0.25) is 0 Å². The van der Waals surface area contributed by atoms with Gasteiger partial charge in [0, 0.05) is 20.5 Å². The molecule has 0 spiro atoms. The molecule has 0 aliphatic carbocycles. The van der Waals surface area contributed by atoms with Crippen molar-refractivity contribution in [2.24, 2.45) is 0 Å². The van der Waals surface area contributed by atoms with Gasteiger partial charge in [0.15, 0.2) is 0 Å². The van der Waals surface area contributed by atoms with Gasteiger partial charge in [0.2, 0.25) is 5.91 Å². The van der Waals surface area contributed by atoms with Crippen LogP contribution in [0.4, 0.5) is 11.4 Å². The Kier molecular flexibility index (Phi) is 6.03. The molecule has 0 unspecified atom stereocenters. The van der Waals surface area contributed by atoms with Gasteiger partial charge in [-0.1, -0.05) is 24.3 Å². The van der Waals surface area contributed by atoms with Crippen LogP contribution < -0.4 is 15.0 Å². The van der Waals surface area contributed by atoms with E-state index < -0.39 is 0 Å². The van der Waals surface area contributed by atoms with Gasteiger partial charge in [-0.3, -0.25) is 4.79 Å². The lowest BCUT2D eigenvalue weighted by Gasteiger charge is -2.17. The predicted molar refractivity (Wildman–Crippen MR) is 95.3 cm³/mol. The van der Waals surface area contributed by atoms with Crippen molar-refractivity contribution in [1.82, 2.24) is 0 Å². The number of benzene rings is 2. The highest BCUT2D eigenvalue weighted by Crippen LogP contribution is 2.23. The number of carbonyl (C=O) groups excluding carboxylic acids is 1. The van der Waals surface area contributed by atoms with E-state index in [1.165, 1.54) is 5.56 Å². The molecule has 1 amide bonds. The number of carbonyl (C=O) groups is 1. The predicted octanol–water partition coefficient (Wildman–Crippen LogP) is 3.86. The Morgan fingerprint density at radius 3 is 2.65 bits per heavy atom. The van der Waals surface area contributed by atoms with Crippen molar-refractivity contribution in [2.75, 3.05) is 30.9 Å². The number of rotatable bonds is 7. The first-order valence-electron chi connectivity index (χ1n) is 7.82. The molecule has 0 aliphatic heterocycles. The van der Waals surface area contributed by atoms with Crippen LogP contribution in [0.1, 0.15) is 18.4 Å². The molecule has 0 atom stereocenters. The standard InChI is InChI=1S/C19H24N2O2/c1-15-8-6-9-16(14-15)23-13-7-12-19(22)20-17-10-4-5-11-18(17)21(2)3/h4-6,8-11,14H,7,12-13H2,1-3H3,(H,20,22). The second-order valence-electron chi connectivity index (χ2n) is 5.73. The normalized spacial score (nSPS) is 10.2. The highest BCUT2D eigenvalue weighted by molar-refractivity contribution is 5.94. The van der Waals surface area contributed by atoms with Gasteiger partial charge in [-0.2, -0.15) is 0 Å². The van der Waals surface area contributed by atoms with Crippen LogP contribution in [0.5, 0.6) is 5.75 Å². The molecule has 0 saturated heterocycles. The van der Waals surface area contributed by atoms with Gasteiger partial charge in [-0.05, 0) is 43.2 Å². The van der Waals surface area contributed by atoms with Crippen molar-refractivity contribution in [2.45, 2.75) is 19.8 Å². The van der Waals surface area contributed by atoms with Crippen molar-refractivity contribution in [1.29, 1.82) is 0 Å². The third-order valence-electron chi connectivity index (χ3n) is 3.47. The average molecular weight is 312 g/mol. The lowest BCUT2D eigenvalue weighted by Crippen LogP contribution is -2.17. The van der Waals surface area contributed by atoms with Gasteiger partial charge in [0.25, 0.3) is 0 Å². The fourth-order valence-corrected chi connectivity index (χ4v) is 2.31. The topological polar surface area (TPSA) is 41.6 Å². The van der Waals surface area contributed by atoms with Gasteiger partial charge < -0.3 is 15.0 Å². The number of anilines is 2. The minimum absolute atomic E-state index is 0.00661. The molecule has 0 fully saturated rings. The second-order valence-corrected chi connectivity index (χ2v) is 5.73. The molecule has 0 heterocycles. The first-order valence-corrected chi connectivity index (χ1v) is 7.82. The molecule has 122 valence electrons. The van der Waals surface area contributed by atoms with E-state index in [1.807, 2.05) is 74.4 Å². The monoisotopic (exact) mass is 312 g/mol. The summed E-state index contributed by atoms with van der Waals surface area (Å²) >= 11 is 0. The molecule has 0 radical (unpaired) electrons. The van der Waals surface area contributed by atoms with E-state index in [9.17, 15) is 4.79 Å². The molecule has 2 aromatic rings. The maximum absolute atomic E-state index is 12.1. The summed E-state index contributed by atoms with van der Waals surface area (Å²) in [6.45, 7) is 2.56. The number of nitrogens with one attached hydrogen (secondary N) is 1. The lowest BCUT2D eigenvalue weighted by atomic mass is 10.2. The molecule has 0 bridgehead atoms. The number of para-hydroxylation sites is 2. The van der Waals surface area contributed by atoms with Crippen LogP contribution in [-0.4, -0.2) is 26.6 Å². The van der Waals surface area contributed by atoms with Crippen LogP contribution in [0.3, 0.4) is 0 Å². The zero-order chi connectivity index (χ0) is 16.7. The SMILES string of the molecule is Cc1cccc(OCCCC(=O)Nc2ccccc2N(C)C)c1. The Morgan fingerprint density at radius 2 is 1.91 bits per heavy atom. The van der Waals surface area contributed by atoms with Crippen LogP contribution in [-0.2, 0) is 4.79 Å². The minimum Gasteiger partial charge on any atom is -0.494 e. The molecule has 0 aromatic heterocycles. The lowest BCUT2D eigenvalue weighted by molar-refractivity contribution is -0.116. The maximum Gasteiger partial charge on any atom is 0.224 e. The molecule has 2 aromatic carbocycles. The summed E-state index contributed by atoms with van der Waals surface area (Å²) in [6.07, 6.45) is 1.12. The quantitative estimate of drug-likeness (QED) is 0.789. The number of hydrogen-bond acceptors (Lipinski definition) is 3. The fraction of sp³-hybridized carbons (Fsp3) is 0.316. The van der Waals surface area contributed by atoms with E-state index >= 15 is 0 Å². The second kappa shape index (κ2) is 8.22. The van der Waals surface area contributed by atoms with E-state index in [1.54, 1.807) is 0 Å². The van der Waals surface area contributed by atoms with Crippen molar-refractivity contribution in [3.8, 4) is 5.75 Å². The van der Waals surface area contributed by atoms with E-state index in [2.05, 4.69) is 5.32 Å². The molecule has 0 aliphatic rings. The number of hydrogen-bond donors (Lipinski definition) is 1. The molecule has 1 N–H and O–H groups in total. The molecule has 4 heteroatoms. The summed E-state index contributed by atoms with van der Waals surface area (Å²) in [4.78, 5) is 14.1. The largest absolute Gasteiger partial charge is 0.494 e. The van der Waals surface area contributed by atoms with Crippen LogP contribution >= 0.6 is 0 Å². The number of aryl methyl sites for hydroxylation is 1. The Morgan fingerprint density at radius 1 is 1.13 bits per heavy atom. The molecular formula is C19H24N2O2. The first kappa shape index (κ1) is 16.9. The van der Waals surface area contributed by atoms with Crippen LogP contribution in [0.15, 0.2) is 48.5 Å². The Bertz CT molecular complexity index is 653. The van der Waals surface area contributed by atoms with E-state index in [0.29, 0.717) is 19.4 Å². The van der Waals surface area contributed by atoms with E-state index in [-0.39, 0.29) is 5.91 Å². The Balaban J connectivity index is 1.77. The first-order chi connectivity index (χ1) is 11.1. The zero-order valence-corrected chi connectivity index (χ0v) is 14.0. The summed E-state index contributed by atoms with van der Waals surface area (Å²) < 4.78 is 5.66. The molecule has 4 nitrogen and oxygen atoms in total. The van der Waals surface area contributed by atoms with Gasteiger partial charge in [0.05, 0.1) is 18.0 Å². The third kappa shape index (κ3) is 5.33. The molecule has 0 saturated carbocycles. The van der Waals surface area contributed by atoms with E-state index in [0.717, 1.165) is 17.1 Å². The molecular weight excluding hydrogens is 288 g/mol. The van der Waals surface area contributed by atoms with Gasteiger partial charge in [0.1, 0.15) is 5.75 Å². The number of ether oxygens (including phenoxy) is 1. The van der Waals surface area contributed by atoms with Crippen molar-refractivity contribution < 1.29 is 9.53 Å². The Hall–Kier alpha value is -2.49. The Labute approximate surface area is 138 Å². The summed E-state index contributed by atoms with van der Waals surface area (Å²) in [7, 11) is 3.92. The fourth-order valence-electron chi connectivity index (χ4n) is 2.31. The number of nitrogens with zero attached hydrogens (tertiary/aromatic N) is 1. The van der Waals surface area contributed by atoms with Crippen LogP contribution in [0, 0.1) is 6.92 Å². The summed E-state index contributed by atoms with van der Waals surface area (Å²) in [5.41, 5.74) is 3.00. The summed E-state index contributed by atoms with van der Waals surface area (Å²) in [6, 6.07) is 15.7. The van der Waals surface area contributed by atoms with Crippen LogP contribution in [0.25, 0.3) is 0 Å². The van der Waals surface area contributed by atoms with Gasteiger partial charge in [-0.15, -0.1) is 0 Å². The van der Waals surface area contributed by atoms with Crippen molar-refractivity contribution in [3.05, 3.63) is 54.1 Å². The van der Waals surface area contributed by atoms with Crippen molar-refractivity contribution >= 4 is 17.3 Å². The minimum atomic E-state index is 0.00661. The van der Waals surface area contributed by atoms with Crippen molar-refractivity contribution in [3.63, 3.8) is 0 Å². The van der Waals surface area contributed by atoms with Gasteiger partial charge in [-0.25, -0.2) is 0 Å². The smallest absolute Gasteiger partial charge is 0.224 e. The summed E-state index contributed by atoms with van der Waals surface area (Å²) in [5.74, 6) is 0.857. The number of amides is 1. The molecule has 23 heavy (non-hydrogen) atoms. The van der Waals surface area contributed by atoms with Gasteiger partial charge >= 0.3 is 0 Å². The molecule has 2 rings (SSSR count). The summed E-state index contributed by atoms with van der Waals surface area (Å²) in [5, 5.41) is 2.96. The third-order valence-corrected chi connectivity index (χ3v) is 3.47.